The summed E-state index contributed by atoms with van der Waals surface area (Å²) in [5.41, 5.74) is 5.81. The van der Waals surface area contributed by atoms with E-state index in [4.69, 9.17) is 15.2 Å². The smallest absolute Gasteiger partial charge is 0.253 e. The molecule has 0 spiro atoms. The molecule has 6 nitrogen and oxygen atoms in total. The fourth-order valence-electron chi connectivity index (χ4n) is 2.03. The molecule has 1 heterocycles. The number of nitrogens with one attached hydrogen (secondary N) is 1. The lowest BCUT2D eigenvalue weighted by Crippen LogP contribution is -2.29. The molecule has 1 amide bonds. The van der Waals surface area contributed by atoms with Crippen molar-refractivity contribution >= 4 is 11.6 Å². The number of methoxy groups -OCH3 is 1. The summed E-state index contributed by atoms with van der Waals surface area (Å²) in [6, 6.07) is 4.64. The normalized spacial score (nSPS) is 22.2. The van der Waals surface area contributed by atoms with Crippen LogP contribution in [0.1, 0.15) is 12.8 Å². The molecule has 1 aromatic rings. The van der Waals surface area contributed by atoms with E-state index >= 15 is 0 Å². The van der Waals surface area contributed by atoms with Crippen LogP contribution in [0.15, 0.2) is 18.2 Å². The van der Waals surface area contributed by atoms with Gasteiger partial charge >= 0.3 is 0 Å². The molecule has 1 aromatic carbocycles. The molecule has 0 radical (unpaired) electrons. The number of hydrogen-bond acceptors (Lipinski definition) is 5. The van der Waals surface area contributed by atoms with E-state index in [9.17, 15) is 9.90 Å². The maximum Gasteiger partial charge on any atom is 0.253 e. The molecule has 1 aliphatic heterocycles. The number of carbonyl (C=O) groups is 1. The van der Waals surface area contributed by atoms with E-state index in [1.54, 1.807) is 12.1 Å². The lowest BCUT2D eigenvalue weighted by Gasteiger charge is -2.14. The Morgan fingerprint density at radius 1 is 1.58 bits per heavy atom. The third-order valence-corrected chi connectivity index (χ3v) is 3.12. The summed E-state index contributed by atoms with van der Waals surface area (Å²) >= 11 is 0. The Labute approximate surface area is 111 Å². The highest BCUT2D eigenvalue weighted by molar-refractivity contribution is 5.95. The third kappa shape index (κ3) is 3.15. The standard InChI is InChI=1S/C13H18N2O4/c1-18-8-2-4-11(16)10(6-8)15-13(17)12-5-3-9(7-14)19-12/h2,4,6,9,12,16H,3,5,7,14H2,1H3,(H,15,17). The molecule has 0 aliphatic carbocycles. The summed E-state index contributed by atoms with van der Waals surface area (Å²) in [6.45, 7) is 0.411. The highest BCUT2D eigenvalue weighted by Gasteiger charge is 2.30. The second-order valence-electron chi connectivity index (χ2n) is 4.43. The number of phenols is 1. The van der Waals surface area contributed by atoms with Gasteiger partial charge in [0.2, 0.25) is 0 Å². The Hall–Kier alpha value is -1.79. The molecule has 1 aliphatic rings. The fraction of sp³-hybridized carbons (Fsp3) is 0.462. The van der Waals surface area contributed by atoms with Gasteiger partial charge < -0.3 is 25.6 Å². The molecule has 0 bridgehead atoms. The summed E-state index contributed by atoms with van der Waals surface area (Å²) in [5.74, 6) is 0.266. The van der Waals surface area contributed by atoms with Gasteiger partial charge in [-0.3, -0.25) is 4.79 Å². The minimum absolute atomic E-state index is 0.0116. The van der Waals surface area contributed by atoms with Crippen LogP contribution in [0.2, 0.25) is 0 Å². The quantitative estimate of drug-likeness (QED) is 0.702. The highest BCUT2D eigenvalue weighted by Crippen LogP contribution is 2.29. The van der Waals surface area contributed by atoms with Crippen LogP contribution in [0.4, 0.5) is 5.69 Å². The lowest BCUT2D eigenvalue weighted by molar-refractivity contribution is -0.126. The monoisotopic (exact) mass is 266 g/mol. The first-order valence-electron chi connectivity index (χ1n) is 6.17. The van der Waals surface area contributed by atoms with E-state index in [1.165, 1.54) is 13.2 Å². The SMILES string of the molecule is COc1ccc(O)c(NC(=O)C2CCC(CN)O2)c1. The predicted molar refractivity (Wildman–Crippen MR) is 70.2 cm³/mol. The summed E-state index contributed by atoms with van der Waals surface area (Å²) in [6.07, 6.45) is 0.839. The number of rotatable bonds is 4. The molecule has 1 saturated heterocycles. The number of phenolic OH excluding ortho intramolecular Hbond substituents is 1. The average molecular weight is 266 g/mol. The molecule has 1 fully saturated rings. The second-order valence-corrected chi connectivity index (χ2v) is 4.43. The zero-order chi connectivity index (χ0) is 13.8. The average Bonchev–Trinajstić information content (AvgIpc) is 2.90. The van der Waals surface area contributed by atoms with Crippen molar-refractivity contribution in [3.05, 3.63) is 18.2 Å². The van der Waals surface area contributed by atoms with Gasteiger partial charge in [0.25, 0.3) is 5.91 Å². The lowest BCUT2D eigenvalue weighted by atomic mass is 10.2. The van der Waals surface area contributed by atoms with Crippen molar-refractivity contribution in [2.75, 3.05) is 19.0 Å². The van der Waals surface area contributed by atoms with Gasteiger partial charge in [0.15, 0.2) is 0 Å². The molecule has 2 rings (SSSR count). The first-order chi connectivity index (χ1) is 9.13. The topological polar surface area (TPSA) is 93.8 Å². The van der Waals surface area contributed by atoms with Gasteiger partial charge in [0.05, 0.1) is 18.9 Å². The van der Waals surface area contributed by atoms with E-state index in [-0.39, 0.29) is 17.8 Å². The zero-order valence-electron chi connectivity index (χ0n) is 10.8. The summed E-state index contributed by atoms with van der Waals surface area (Å²) in [4.78, 5) is 12.0. The van der Waals surface area contributed by atoms with Crippen molar-refractivity contribution in [1.82, 2.24) is 0 Å². The largest absolute Gasteiger partial charge is 0.506 e. The number of aromatic hydroxyl groups is 1. The van der Waals surface area contributed by atoms with Gasteiger partial charge in [-0.2, -0.15) is 0 Å². The van der Waals surface area contributed by atoms with E-state index in [2.05, 4.69) is 5.32 Å². The van der Waals surface area contributed by atoms with Crippen molar-refractivity contribution < 1.29 is 19.4 Å². The maximum atomic E-state index is 12.0. The van der Waals surface area contributed by atoms with Crippen LogP contribution in [0.25, 0.3) is 0 Å². The van der Waals surface area contributed by atoms with Crippen LogP contribution in [0.5, 0.6) is 11.5 Å². The number of nitrogens with two attached hydrogens (primary N) is 1. The van der Waals surface area contributed by atoms with E-state index < -0.39 is 6.10 Å². The van der Waals surface area contributed by atoms with Gasteiger partial charge in [-0.05, 0) is 25.0 Å². The number of amides is 1. The van der Waals surface area contributed by atoms with Crippen molar-refractivity contribution in [1.29, 1.82) is 0 Å². The Kier molecular flexibility index (Phi) is 4.24. The molecular weight excluding hydrogens is 248 g/mol. The van der Waals surface area contributed by atoms with Crippen LogP contribution in [-0.4, -0.2) is 36.9 Å². The van der Waals surface area contributed by atoms with Gasteiger partial charge in [-0.1, -0.05) is 0 Å². The van der Waals surface area contributed by atoms with Crippen LogP contribution in [-0.2, 0) is 9.53 Å². The van der Waals surface area contributed by atoms with Crippen molar-refractivity contribution in [2.24, 2.45) is 5.73 Å². The summed E-state index contributed by atoms with van der Waals surface area (Å²) in [5, 5.41) is 12.3. The molecule has 19 heavy (non-hydrogen) atoms. The van der Waals surface area contributed by atoms with Gasteiger partial charge in [0.1, 0.15) is 17.6 Å². The third-order valence-electron chi connectivity index (χ3n) is 3.12. The first-order valence-corrected chi connectivity index (χ1v) is 6.17. The maximum absolute atomic E-state index is 12.0. The number of carbonyl (C=O) groups excluding carboxylic acids is 1. The van der Waals surface area contributed by atoms with Crippen molar-refractivity contribution in [2.45, 2.75) is 25.0 Å². The number of ether oxygens (including phenoxy) is 2. The second kappa shape index (κ2) is 5.90. The zero-order valence-corrected chi connectivity index (χ0v) is 10.8. The van der Waals surface area contributed by atoms with E-state index in [1.807, 2.05) is 0 Å². The first kappa shape index (κ1) is 13.6. The summed E-state index contributed by atoms with van der Waals surface area (Å²) < 4.78 is 10.5. The molecule has 2 atom stereocenters. The molecule has 6 heteroatoms. The van der Waals surface area contributed by atoms with Crippen LogP contribution < -0.4 is 15.8 Å². The Balaban J connectivity index is 2.03. The molecular formula is C13H18N2O4. The van der Waals surface area contributed by atoms with Gasteiger partial charge in [0, 0.05) is 12.6 Å². The van der Waals surface area contributed by atoms with Crippen LogP contribution in [0.3, 0.4) is 0 Å². The molecule has 2 unspecified atom stereocenters. The minimum atomic E-state index is -0.515. The molecule has 104 valence electrons. The Morgan fingerprint density at radius 2 is 2.37 bits per heavy atom. The Morgan fingerprint density at radius 3 is 3.00 bits per heavy atom. The van der Waals surface area contributed by atoms with E-state index in [0.29, 0.717) is 24.4 Å². The fourth-order valence-corrected chi connectivity index (χ4v) is 2.03. The minimum Gasteiger partial charge on any atom is -0.506 e. The van der Waals surface area contributed by atoms with Crippen molar-refractivity contribution in [3.8, 4) is 11.5 Å². The highest BCUT2D eigenvalue weighted by atomic mass is 16.5. The van der Waals surface area contributed by atoms with Crippen molar-refractivity contribution in [3.63, 3.8) is 0 Å². The van der Waals surface area contributed by atoms with E-state index in [0.717, 1.165) is 6.42 Å². The predicted octanol–water partition coefficient (Wildman–Crippen LogP) is 0.846. The number of hydrogen-bond donors (Lipinski definition) is 3. The van der Waals surface area contributed by atoms with Crippen LogP contribution in [0, 0.1) is 0 Å². The number of anilines is 1. The van der Waals surface area contributed by atoms with Crippen LogP contribution >= 0.6 is 0 Å². The van der Waals surface area contributed by atoms with Gasteiger partial charge in [-0.25, -0.2) is 0 Å². The summed E-state index contributed by atoms with van der Waals surface area (Å²) in [7, 11) is 1.52. The Bertz CT molecular complexity index is 464. The van der Waals surface area contributed by atoms with Gasteiger partial charge in [-0.15, -0.1) is 0 Å². The molecule has 0 aromatic heterocycles. The molecule has 0 saturated carbocycles. The molecule has 4 N–H and O–H groups in total. The number of benzene rings is 1.